The standard InChI is InChI=1S/C60H64ClN3O18Si/c1-35-45(76-53(66)37-21-11-6-12-22-37)49(51(59(72-35)70-31-32-83(3,4)5)78-55(68)39-25-15-8-16-26-39)82-60-52(79-56(69)40-27-17-9-18-28-40)50(46(36(2)73-60)77-54(67)38-23-13-7-14-24-38)81-58-44(63-64-62)48(75-43(65)33-61)47-42(74-58)34-71-57(80-47)41-29-19-10-20-30-41/h6-30,35-36,42,44-52,57-60H,31-34H2,1-5H3/t35-,36-,42+,44+,45-,46-,47+,48+,49+,50+,51+,52+,57+,58+,59+,60-/m0/s1. The molecule has 0 aliphatic carbocycles. The smallest absolute Gasteiger partial charge is 0.338 e. The van der Waals surface area contributed by atoms with Gasteiger partial charge in [0, 0.05) is 25.2 Å². The molecule has 16 atom stereocenters. The summed E-state index contributed by atoms with van der Waals surface area (Å²) in [6.45, 7) is 9.66. The fraction of sp³-hybridized carbons (Fsp3) is 0.417. The lowest BCUT2D eigenvalue weighted by molar-refractivity contribution is -0.379. The Hall–Kier alpha value is -7.05. The van der Waals surface area contributed by atoms with Crippen molar-refractivity contribution in [3.63, 3.8) is 0 Å². The van der Waals surface area contributed by atoms with Crippen LogP contribution in [-0.2, 0) is 66.4 Å². The molecule has 438 valence electrons. The zero-order valence-electron chi connectivity index (χ0n) is 46.1. The van der Waals surface area contributed by atoms with Crippen LogP contribution in [0.4, 0.5) is 0 Å². The normalized spacial score (nSPS) is 29.6. The van der Waals surface area contributed by atoms with Crippen molar-refractivity contribution in [1.29, 1.82) is 0 Å². The largest absolute Gasteiger partial charge is 0.458 e. The van der Waals surface area contributed by atoms with Crippen LogP contribution in [0.15, 0.2) is 157 Å². The Kier molecular flexibility index (Phi) is 20.4. The fourth-order valence-corrected chi connectivity index (χ4v) is 10.7. The molecule has 0 aromatic heterocycles. The first-order chi connectivity index (χ1) is 40.1. The zero-order chi connectivity index (χ0) is 58.6. The molecule has 23 heteroatoms. The average Bonchev–Trinajstić information content (AvgIpc) is 3.62. The van der Waals surface area contributed by atoms with Gasteiger partial charge in [-0.1, -0.05) is 128 Å². The lowest BCUT2D eigenvalue weighted by Gasteiger charge is -2.51. The second-order valence-electron chi connectivity index (χ2n) is 21.2. The Morgan fingerprint density at radius 1 is 0.542 bits per heavy atom. The van der Waals surface area contributed by atoms with Crippen LogP contribution in [-0.4, -0.2) is 149 Å². The van der Waals surface area contributed by atoms with Gasteiger partial charge in [0.05, 0.1) is 41.1 Å². The lowest BCUT2D eigenvalue weighted by Crippen LogP contribution is -2.68. The number of carbonyl (C=O) groups excluding carboxylic acids is 5. The van der Waals surface area contributed by atoms with Crippen molar-refractivity contribution in [1.82, 2.24) is 0 Å². The van der Waals surface area contributed by atoms with Crippen LogP contribution < -0.4 is 0 Å². The second kappa shape index (κ2) is 28.0. The van der Waals surface area contributed by atoms with Crippen molar-refractivity contribution in [3.8, 4) is 0 Å². The summed E-state index contributed by atoms with van der Waals surface area (Å²) in [5, 5.41) is 4.06. The van der Waals surface area contributed by atoms with Crippen molar-refractivity contribution < 1.29 is 85.6 Å². The Bertz CT molecular complexity index is 3020. The number of carbonyl (C=O) groups is 5. The van der Waals surface area contributed by atoms with E-state index < -0.39 is 142 Å². The number of hydrogen-bond donors (Lipinski definition) is 0. The maximum atomic E-state index is 14.7. The molecule has 4 saturated heterocycles. The molecule has 4 heterocycles. The van der Waals surface area contributed by atoms with Crippen LogP contribution in [0.5, 0.6) is 0 Å². The number of ether oxygens (including phenoxy) is 13. The second-order valence-corrected chi connectivity index (χ2v) is 27.1. The van der Waals surface area contributed by atoms with Gasteiger partial charge in [0.1, 0.15) is 42.4 Å². The highest BCUT2D eigenvalue weighted by molar-refractivity contribution is 6.76. The third-order valence-electron chi connectivity index (χ3n) is 14.1. The van der Waals surface area contributed by atoms with Gasteiger partial charge >= 0.3 is 29.8 Å². The minimum atomic E-state index is -1.84. The highest BCUT2D eigenvalue weighted by Gasteiger charge is 2.59. The first kappa shape index (κ1) is 60.5. The highest BCUT2D eigenvalue weighted by atomic mass is 35.5. The maximum absolute atomic E-state index is 14.7. The SMILES string of the molecule is C[C@@H]1O[C@@H](O[C@@H]2[C@@H](OC(=O)c3ccccc3)[C@H](C)O[C@@H](OCC[Si](C)(C)C)[C@@H]2OC(=O)c2ccccc2)[C@H](OC(=O)c2ccccc2)[C@H](O[C@H]2O[C@@H]3CO[C@@H](c4ccccc4)O[C@H]3[C@H](OC(=O)CCl)[C@H]2N=[N+]=[N-])[C@H]1OC(=O)c1ccccc1. The van der Waals surface area contributed by atoms with Crippen molar-refractivity contribution in [3.05, 3.63) is 190 Å². The minimum absolute atomic E-state index is 0.0579. The Labute approximate surface area is 485 Å². The summed E-state index contributed by atoms with van der Waals surface area (Å²) in [7, 11) is -1.76. The average molecular weight is 1180 g/mol. The Morgan fingerprint density at radius 2 is 0.964 bits per heavy atom. The molecule has 5 aromatic rings. The van der Waals surface area contributed by atoms with Crippen molar-refractivity contribution in [2.24, 2.45) is 5.11 Å². The van der Waals surface area contributed by atoms with E-state index in [1.807, 2.05) is 6.07 Å². The van der Waals surface area contributed by atoms with Crippen LogP contribution >= 0.6 is 11.6 Å². The maximum Gasteiger partial charge on any atom is 0.338 e. The number of azide groups is 1. The van der Waals surface area contributed by atoms with Gasteiger partial charge in [0.25, 0.3) is 0 Å². The molecule has 83 heavy (non-hydrogen) atoms. The zero-order valence-corrected chi connectivity index (χ0v) is 47.8. The first-order valence-electron chi connectivity index (χ1n) is 27.1. The van der Waals surface area contributed by atoms with Gasteiger partial charge in [-0.2, -0.15) is 0 Å². The fourth-order valence-electron chi connectivity index (χ4n) is 9.88. The molecule has 0 unspecified atom stereocenters. The molecule has 4 aliphatic heterocycles. The highest BCUT2D eigenvalue weighted by Crippen LogP contribution is 2.41. The van der Waals surface area contributed by atoms with Gasteiger partial charge in [-0.05, 0) is 74.0 Å². The molecule has 4 aliphatic rings. The van der Waals surface area contributed by atoms with Gasteiger partial charge in [0.2, 0.25) is 0 Å². The molecule has 0 amide bonds. The van der Waals surface area contributed by atoms with E-state index in [0.717, 1.165) is 0 Å². The van der Waals surface area contributed by atoms with E-state index in [1.165, 1.54) is 24.3 Å². The van der Waals surface area contributed by atoms with E-state index in [1.54, 1.807) is 135 Å². The van der Waals surface area contributed by atoms with Gasteiger partial charge < -0.3 is 61.6 Å². The third-order valence-corrected chi connectivity index (χ3v) is 16.0. The summed E-state index contributed by atoms with van der Waals surface area (Å²) in [5.74, 6) is -4.92. The number of esters is 5. The summed E-state index contributed by atoms with van der Waals surface area (Å²) < 4.78 is 84.3. The Morgan fingerprint density at radius 3 is 1.41 bits per heavy atom. The Balaban J connectivity index is 1.16. The third kappa shape index (κ3) is 15.2. The summed E-state index contributed by atoms with van der Waals surface area (Å²) in [6.07, 6.45) is -21.6. The van der Waals surface area contributed by atoms with E-state index in [9.17, 15) is 29.5 Å². The van der Waals surface area contributed by atoms with Crippen molar-refractivity contribution >= 4 is 49.5 Å². The molecule has 0 N–H and O–H groups in total. The summed E-state index contributed by atoms with van der Waals surface area (Å²) in [6, 6.07) is 40.3. The first-order valence-corrected chi connectivity index (χ1v) is 31.4. The molecular weight excluding hydrogens is 1110 g/mol. The molecule has 5 aromatic carbocycles. The van der Waals surface area contributed by atoms with Crippen LogP contribution in [0.2, 0.25) is 25.7 Å². The van der Waals surface area contributed by atoms with E-state index in [0.29, 0.717) is 11.6 Å². The molecule has 0 spiro atoms. The van der Waals surface area contributed by atoms with Gasteiger partial charge in [-0.3, -0.25) is 4.79 Å². The van der Waals surface area contributed by atoms with Crippen molar-refractivity contribution in [2.75, 3.05) is 19.1 Å². The number of nitrogens with zero attached hydrogens (tertiary/aromatic N) is 3. The van der Waals surface area contributed by atoms with Gasteiger partial charge in [-0.25, -0.2) is 19.2 Å². The molecule has 4 fully saturated rings. The number of hydrogen-bond acceptors (Lipinski definition) is 19. The number of alkyl halides is 1. The minimum Gasteiger partial charge on any atom is -0.458 e. The van der Waals surface area contributed by atoms with Gasteiger partial charge in [-0.15, -0.1) is 11.6 Å². The summed E-state index contributed by atoms with van der Waals surface area (Å²) >= 11 is 6.04. The van der Waals surface area contributed by atoms with E-state index in [4.69, 9.17) is 73.2 Å². The topological polar surface area (TPSA) is 254 Å². The van der Waals surface area contributed by atoms with Gasteiger partial charge in [0.15, 0.2) is 49.6 Å². The predicted octanol–water partition coefficient (Wildman–Crippen LogP) is 9.17. The van der Waals surface area contributed by atoms with E-state index in [-0.39, 0.29) is 35.5 Å². The van der Waals surface area contributed by atoms with E-state index in [2.05, 4.69) is 29.7 Å². The van der Waals surface area contributed by atoms with E-state index >= 15 is 0 Å². The van der Waals surface area contributed by atoms with Crippen LogP contribution in [0.1, 0.15) is 67.1 Å². The van der Waals surface area contributed by atoms with Crippen LogP contribution in [0, 0.1) is 0 Å². The number of benzene rings is 5. The molecule has 9 rings (SSSR count). The molecule has 0 bridgehead atoms. The quantitative estimate of drug-likeness (QED) is 0.0134. The predicted molar refractivity (Wildman–Crippen MR) is 297 cm³/mol. The van der Waals surface area contributed by atoms with Crippen LogP contribution in [0.3, 0.4) is 0 Å². The number of halogens is 1. The molecule has 21 nitrogen and oxygen atoms in total. The van der Waals surface area contributed by atoms with Crippen molar-refractivity contribution in [2.45, 2.75) is 138 Å². The number of fused-ring (bicyclic) bond motifs is 1. The number of rotatable bonds is 20. The molecule has 0 radical (unpaired) electrons. The summed E-state index contributed by atoms with van der Waals surface area (Å²) in [4.78, 5) is 73.9. The summed E-state index contributed by atoms with van der Waals surface area (Å²) in [5.41, 5.74) is 11.4. The molecule has 0 saturated carbocycles. The van der Waals surface area contributed by atoms with Crippen LogP contribution in [0.25, 0.3) is 10.4 Å². The monoisotopic (exact) mass is 1180 g/mol. The lowest BCUT2D eigenvalue weighted by atomic mass is 9.94. The molecular formula is C60H64ClN3O18Si.